The Labute approximate surface area is 132 Å². The number of rotatable bonds is 3. The zero-order valence-corrected chi connectivity index (χ0v) is 13.7. The number of nitrogens with zero attached hydrogens (tertiary/aromatic N) is 1. The first-order valence-electron chi connectivity index (χ1n) is 7.81. The molecular formula is C17H27N3O2. The van der Waals surface area contributed by atoms with Gasteiger partial charge in [0.05, 0.1) is 12.1 Å². The SMILES string of the molecule is CC(C)(C)OC(=O)[C@H]1CCN(Cc2ccc(N)cc2)[C@H](N)C1. The lowest BCUT2D eigenvalue weighted by molar-refractivity contribution is -0.162. The van der Waals surface area contributed by atoms with Crippen molar-refractivity contribution in [3.63, 3.8) is 0 Å². The summed E-state index contributed by atoms with van der Waals surface area (Å²) in [5, 5.41) is 0. The molecule has 22 heavy (non-hydrogen) atoms. The molecule has 1 aromatic rings. The van der Waals surface area contributed by atoms with Crippen LogP contribution in [0.2, 0.25) is 0 Å². The van der Waals surface area contributed by atoms with Crippen LogP contribution in [-0.2, 0) is 16.1 Å². The van der Waals surface area contributed by atoms with Gasteiger partial charge in [0.25, 0.3) is 0 Å². The zero-order chi connectivity index (χ0) is 16.3. The second-order valence-electron chi connectivity index (χ2n) is 7.03. The van der Waals surface area contributed by atoms with Gasteiger partial charge in [0, 0.05) is 18.8 Å². The van der Waals surface area contributed by atoms with Crippen LogP contribution in [-0.4, -0.2) is 29.2 Å². The molecule has 0 bridgehead atoms. The third-order valence-corrected chi connectivity index (χ3v) is 3.87. The molecule has 122 valence electrons. The standard InChI is InChI=1S/C17H27N3O2/c1-17(2,3)22-16(21)13-8-9-20(15(19)10-13)11-12-4-6-14(18)7-5-12/h4-7,13,15H,8-11,18-19H2,1-3H3/t13-,15-/m0/s1. The smallest absolute Gasteiger partial charge is 0.309 e. The zero-order valence-electron chi connectivity index (χ0n) is 13.7. The molecule has 1 aromatic carbocycles. The molecule has 0 spiro atoms. The van der Waals surface area contributed by atoms with Gasteiger partial charge in [-0.25, -0.2) is 0 Å². The second kappa shape index (κ2) is 6.67. The Morgan fingerprint density at radius 2 is 1.95 bits per heavy atom. The van der Waals surface area contributed by atoms with Gasteiger partial charge in [0.2, 0.25) is 0 Å². The number of hydrogen-bond donors (Lipinski definition) is 2. The lowest BCUT2D eigenvalue weighted by atomic mass is 9.94. The van der Waals surface area contributed by atoms with Gasteiger partial charge in [-0.3, -0.25) is 9.69 Å². The molecule has 2 rings (SSSR count). The molecular weight excluding hydrogens is 278 g/mol. The normalized spacial score (nSPS) is 23.3. The number of nitrogens with two attached hydrogens (primary N) is 2. The van der Waals surface area contributed by atoms with E-state index in [4.69, 9.17) is 16.2 Å². The van der Waals surface area contributed by atoms with Crippen LogP contribution in [0.5, 0.6) is 0 Å². The Morgan fingerprint density at radius 1 is 1.32 bits per heavy atom. The van der Waals surface area contributed by atoms with Crippen LogP contribution < -0.4 is 11.5 Å². The average molecular weight is 305 g/mol. The van der Waals surface area contributed by atoms with Crippen LogP contribution in [0.1, 0.15) is 39.2 Å². The molecule has 2 atom stereocenters. The molecule has 0 radical (unpaired) electrons. The van der Waals surface area contributed by atoms with E-state index >= 15 is 0 Å². The van der Waals surface area contributed by atoms with Crippen molar-refractivity contribution in [2.24, 2.45) is 11.7 Å². The summed E-state index contributed by atoms with van der Waals surface area (Å²) >= 11 is 0. The highest BCUT2D eigenvalue weighted by Crippen LogP contribution is 2.25. The average Bonchev–Trinajstić information content (AvgIpc) is 2.41. The molecule has 0 saturated carbocycles. The molecule has 5 heteroatoms. The Bertz CT molecular complexity index is 508. The first kappa shape index (κ1) is 16.8. The van der Waals surface area contributed by atoms with Crippen molar-refractivity contribution in [2.75, 3.05) is 12.3 Å². The summed E-state index contributed by atoms with van der Waals surface area (Å²) in [6, 6.07) is 7.83. The molecule has 0 aliphatic carbocycles. The molecule has 1 aliphatic rings. The van der Waals surface area contributed by atoms with Crippen molar-refractivity contribution in [1.29, 1.82) is 0 Å². The van der Waals surface area contributed by atoms with E-state index in [9.17, 15) is 4.79 Å². The van der Waals surface area contributed by atoms with E-state index in [0.29, 0.717) is 6.42 Å². The minimum atomic E-state index is -0.442. The van der Waals surface area contributed by atoms with Gasteiger partial charge < -0.3 is 16.2 Å². The van der Waals surface area contributed by atoms with Crippen molar-refractivity contribution < 1.29 is 9.53 Å². The molecule has 1 heterocycles. The summed E-state index contributed by atoms with van der Waals surface area (Å²) in [6.07, 6.45) is 1.31. The maximum atomic E-state index is 12.2. The summed E-state index contributed by atoms with van der Waals surface area (Å²) in [5.41, 5.74) is 13.4. The first-order chi connectivity index (χ1) is 10.2. The van der Waals surface area contributed by atoms with Crippen molar-refractivity contribution in [1.82, 2.24) is 4.90 Å². The quantitative estimate of drug-likeness (QED) is 0.660. The largest absolute Gasteiger partial charge is 0.460 e. The number of benzene rings is 1. The van der Waals surface area contributed by atoms with Crippen LogP contribution in [0.3, 0.4) is 0 Å². The number of anilines is 1. The number of carbonyl (C=O) groups excluding carboxylic acids is 1. The molecule has 0 unspecified atom stereocenters. The number of likely N-dealkylation sites (tertiary alicyclic amines) is 1. The Hall–Kier alpha value is -1.59. The van der Waals surface area contributed by atoms with Gasteiger partial charge >= 0.3 is 5.97 Å². The highest BCUT2D eigenvalue weighted by molar-refractivity contribution is 5.73. The van der Waals surface area contributed by atoms with Crippen LogP contribution in [0.4, 0.5) is 5.69 Å². The predicted octanol–water partition coefficient (Wildman–Crippen LogP) is 2.11. The molecule has 0 aromatic heterocycles. The number of ether oxygens (including phenoxy) is 1. The predicted molar refractivity (Wildman–Crippen MR) is 87.8 cm³/mol. The fraction of sp³-hybridized carbons (Fsp3) is 0.588. The highest BCUT2D eigenvalue weighted by Gasteiger charge is 2.32. The van der Waals surface area contributed by atoms with Crippen molar-refractivity contribution in [3.05, 3.63) is 29.8 Å². The molecule has 1 aliphatic heterocycles. The monoisotopic (exact) mass is 305 g/mol. The molecule has 1 fully saturated rings. The van der Waals surface area contributed by atoms with E-state index in [0.717, 1.165) is 25.2 Å². The number of hydrogen-bond acceptors (Lipinski definition) is 5. The first-order valence-corrected chi connectivity index (χ1v) is 7.81. The van der Waals surface area contributed by atoms with Crippen LogP contribution in [0.15, 0.2) is 24.3 Å². The molecule has 1 saturated heterocycles. The third kappa shape index (κ3) is 4.71. The van der Waals surface area contributed by atoms with Crippen molar-refractivity contribution in [3.8, 4) is 0 Å². The lowest BCUT2D eigenvalue weighted by Crippen LogP contribution is -2.49. The lowest BCUT2D eigenvalue weighted by Gasteiger charge is -2.37. The van der Waals surface area contributed by atoms with Gasteiger partial charge in [-0.05, 0) is 51.3 Å². The Balaban J connectivity index is 1.90. The number of esters is 1. The van der Waals surface area contributed by atoms with E-state index < -0.39 is 5.60 Å². The molecule has 0 amide bonds. The number of piperidine rings is 1. The number of nitrogen functional groups attached to an aromatic ring is 1. The maximum absolute atomic E-state index is 12.2. The summed E-state index contributed by atoms with van der Waals surface area (Å²) in [7, 11) is 0. The van der Waals surface area contributed by atoms with Gasteiger partial charge in [-0.15, -0.1) is 0 Å². The van der Waals surface area contributed by atoms with Crippen molar-refractivity contribution in [2.45, 2.75) is 51.9 Å². The summed E-state index contributed by atoms with van der Waals surface area (Å²) in [5.74, 6) is -0.230. The van der Waals surface area contributed by atoms with E-state index in [-0.39, 0.29) is 18.1 Å². The maximum Gasteiger partial charge on any atom is 0.309 e. The van der Waals surface area contributed by atoms with Crippen LogP contribution in [0.25, 0.3) is 0 Å². The Morgan fingerprint density at radius 3 is 2.50 bits per heavy atom. The molecule has 5 nitrogen and oxygen atoms in total. The van der Waals surface area contributed by atoms with Gasteiger partial charge in [0.15, 0.2) is 0 Å². The van der Waals surface area contributed by atoms with E-state index in [1.54, 1.807) is 0 Å². The second-order valence-corrected chi connectivity index (χ2v) is 7.03. The minimum Gasteiger partial charge on any atom is -0.460 e. The van der Waals surface area contributed by atoms with E-state index in [2.05, 4.69) is 4.90 Å². The number of carbonyl (C=O) groups is 1. The van der Waals surface area contributed by atoms with Gasteiger partial charge in [-0.1, -0.05) is 12.1 Å². The third-order valence-electron chi connectivity index (χ3n) is 3.87. The van der Waals surface area contributed by atoms with Crippen LogP contribution in [0, 0.1) is 5.92 Å². The van der Waals surface area contributed by atoms with Crippen LogP contribution >= 0.6 is 0 Å². The van der Waals surface area contributed by atoms with E-state index in [1.165, 1.54) is 5.56 Å². The van der Waals surface area contributed by atoms with Gasteiger partial charge in [-0.2, -0.15) is 0 Å². The van der Waals surface area contributed by atoms with E-state index in [1.807, 2.05) is 45.0 Å². The highest BCUT2D eigenvalue weighted by atomic mass is 16.6. The fourth-order valence-electron chi connectivity index (χ4n) is 2.70. The van der Waals surface area contributed by atoms with Crippen molar-refractivity contribution >= 4 is 11.7 Å². The minimum absolute atomic E-state index is 0.100. The summed E-state index contributed by atoms with van der Waals surface area (Å²) in [4.78, 5) is 14.4. The summed E-state index contributed by atoms with van der Waals surface area (Å²) < 4.78 is 5.47. The topological polar surface area (TPSA) is 81.6 Å². The fourth-order valence-corrected chi connectivity index (χ4v) is 2.70. The van der Waals surface area contributed by atoms with Gasteiger partial charge in [0.1, 0.15) is 5.60 Å². The Kier molecular flexibility index (Phi) is 5.08. The summed E-state index contributed by atoms with van der Waals surface area (Å²) in [6.45, 7) is 7.25. The molecule has 4 N–H and O–H groups in total.